The molecular formula is C16H17NO4S. The van der Waals surface area contributed by atoms with Crippen LogP contribution in [0.4, 0.5) is 0 Å². The van der Waals surface area contributed by atoms with Crippen LogP contribution in [-0.2, 0) is 25.6 Å². The van der Waals surface area contributed by atoms with Gasteiger partial charge in [0, 0.05) is 4.88 Å². The molecule has 6 heteroatoms. The molecule has 116 valence electrons. The SMILES string of the molecule is CCOC(=O)[C@H]1[C@@H]2C=C[C@]3(CN(Cc4cccs4)C(=O)[C@H]13)O2. The Morgan fingerprint density at radius 3 is 3.18 bits per heavy atom. The summed E-state index contributed by atoms with van der Waals surface area (Å²) in [6, 6.07) is 3.99. The van der Waals surface area contributed by atoms with Gasteiger partial charge in [-0.3, -0.25) is 9.59 Å². The van der Waals surface area contributed by atoms with Crippen LogP contribution in [0, 0.1) is 11.8 Å². The molecule has 1 amide bonds. The van der Waals surface area contributed by atoms with Crippen LogP contribution >= 0.6 is 11.3 Å². The molecule has 22 heavy (non-hydrogen) atoms. The van der Waals surface area contributed by atoms with Gasteiger partial charge in [0.15, 0.2) is 0 Å². The normalized spacial score (nSPS) is 35.2. The van der Waals surface area contributed by atoms with Gasteiger partial charge in [0.2, 0.25) is 5.91 Å². The van der Waals surface area contributed by atoms with E-state index in [9.17, 15) is 9.59 Å². The van der Waals surface area contributed by atoms with E-state index in [2.05, 4.69) is 0 Å². The summed E-state index contributed by atoms with van der Waals surface area (Å²) in [6.07, 6.45) is 3.54. The zero-order valence-corrected chi connectivity index (χ0v) is 13.0. The van der Waals surface area contributed by atoms with E-state index in [0.29, 0.717) is 19.7 Å². The lowest BCUT2D eigenvalue weighted by Gasteiger charge is -2.22. The summed E-state index contributed by atoms with van der Waals surface area (Å²) in [5, 5.41) is 2.00. The molecule has 4 atom stereocenters. The number of amides is 1. The Hall–Kier alpha value is -1.66. The molecule has 4 heterocycles. The molecule has 0 N–H and O–H groups in total. The zero-order valence-electron chi connectivity index (χ0n) is 12.2. The lowest BCUT2D eigenvalue weighted by atomic mass is 9.77. The van der Waals surface area contributed by atoms with E-state index in [4.69, 9.17) is 9.47 Å². The summed E-state index contributed by atoms with van der Waals surface area (Å²) in [6.45, 7) is 3.18. The molecule has 1 aromatic rings. The van der Waals surface area contributed by atoms with E-state index in [1.807, 2.05) is 29.7 Å². The predicted octanol–water partition coefficient (Wildman–Crippen LogP) is 1.59. The molecule has 2 fully saturated rings. The summed E-state index contributed by atoms with van der Waals surface area (Å²) >= 11 is 1.63. The molecule has 3 aliphatic rings. The first kappa shape index (κ1) is 14.0. The van der Waals surface area contributed by atoms with Crippen molar-refractivity contribution in [3.63, 3.8) is 0 Å². The minimum absolute atomic E-state index is 0.00157. The second-order valence-corrected chi connectivity index (χ2v) is 6.96. The van der Waals surface area contributed by atoms with Crippen molar-refractivity contribution >= 4 is 23.2 Å². The number of hydrogen-bond acceptors (Lipinski definition) is 5. The first-order valence-corrected chi connectivity index (χ1v) is 8.37. The molecule has 0 radical (unpaired) electrons. The van der Waals surface area contributed by atoms with Crippen LogP contribution in [0.2, 0.25) is 0 Å². The summed E-state index contributed by atoms with van der Waals surface area (Å²) < 4.78 is 11.2. The highest BCUT2D eigenvalue weighted by Gasteiger charge is 2.67. The zero-order chi connectivity index (χ0) is 15.3. The van der Waals surface area contributed by atoms with Gasteiger partial charge in [-0.2, -0.15) is 0 Å². The van der Waals surface area contributed by atoms with Crippen LogP contribution in [0.5, 0.6) is 0 Å². The molecule has 0 saturated carbocycles. The van der Waals surface area contributed by atoms with Gasteiger partial charge in [0.25, 0.3) is 0 Å². The number of carbonyl (C=O) groups excluding carboxylic acids is 2. The number of ether oxygens (including phenoxy) is 2. The summed E-state index contributed by atoms with van der Waals surface area (Å²) in [5.74, 6) is -1.28. The smallest absolute Gasteiger partial charge is 0.312 e. The Morgan fingerprint density at radius 1 is 1.59 bits per heavy atom. The average molecular weight is 319 g/mol. The fourth-order valence-corrected chi connectivity index (χ4v) is 4.53. The van der Waals surface area contributed by atoms with Crippen molar-refractivity contribution in [1.82, 2.24) is 4.90 Å². The van der Waals surface area contributed by atoms with Crippen LogP contribution in [-0.4, -0.2) is 41.6 Å². The number of nitrogens with zero attached hydrogens (tertiary/aromatic N) is 1. The molecular weight excluding hydrogens is 302 g/mol. The standard InChI is InChI=1S/C16H17NO4S/c1-2-20-15(19)12-11-5-6-16(21-11)9-17(14(18)13(12)16)8-10-4-3-7-22-10/h3-7,11-13H,2,8-9H2,1H3/t11-,12-,13-,16+/m0/s1. The van der Waals surface area contributed by atoms with Gasteiger partial charge < -0.3 is 14.4 Å². The molecule has 1 aromatic heterocycles. The van der Waals surface area contributed by atoms with Crippen LogP contribution in [0.1, 0.15) is 11.8 Å². The highest BCUT2D eigenvalue weighted by Crippen LogP contribution is 2.52. The van der Waals surface area contributed by atoms with E-state index in [1.54, 1.807) is 23.2 Å². The van der Waals surface area contributed by atoms with Crippen LogP contribution in [0.25, 0.3) is 0 Å². The number of fused-ring (bicyclic) bond motifs is 1. The molecule has 2 saturated heterocycles. The topological polar surface area (TPSA) is 55.8 Å². The Kier molecular flexibility index (Phi) is 3.13. The molecule has 3 aliphatic heterocycles. The van der Waals surface area contributed by atoms with Gasteiger partial charge in [0.1, 0.15) is 11.5 Å². The van der Waals surface area contributed by atoms with Crippen molar-refractivity contribution in [2.45, 2.75) is 25.2 Å². The Labute approximate surface area is 132 Å². The van der Waals surface area contributed by atoms with Crippen LogP contribution < -0.4 is 0 Å². The Bertz CT molecular complexity index is 641. The third-order valence-electron chi connectivity index (χ3n) is 4.66. The highest BCUT2D eigenvalue weighted by atomic mass is 32.1. The quantitative estimate of drug-likeness (QED) is 0.625. The predicted molar refractivity (Wildman–Crippen MR) is 80.1 cm³/mol. The van der Waals surface area contributed by atoms with Gasteiger partial charge >= 0.3 is 5.97 Å². The van der Waals surface area contributed by atoms with Gasteiger partial charge in [-0.25, -0.2) is 0 Å². The first-order valence-electron chi connectivity index (χ1n) is 7.49. The second-order valence-electron chi connectivity index (χ2n) is 5.93. The first-order chi connectivity index (χ1) is 10.6. The van der Waals surface area contributed by atoms with Crippen molar-refractivity contribution in [1.29, 1.82) is 0 Å². The Balaban J connectivity index is 1.61. The lowest BCUT2D eigenvalue weighted by Crippen LogP contribution is -2.39. The molecule has 0 aliphatic carbocycles. The second kappa shape index (κ2) is 4.93. The number of esters is 1. The van der Waals surface area contributed by atoms with Gasteiger partial charge in [-0.1, -0.05) is 18.2 Å². The average Bonchev–Trinajstić information content (AvgIpc) is 3.23. The van der Waals surface area contributed by atoms with Crippen molar-refractivity contribution in [2.75, 3.05) is 13.2 Å². The third-order valence-corrected chi connectivity index (χ3v) is 5.53. The highest BCUT2D eigenvalue weighted by molar-refractivity contribution is 7.09. The molecule has 0 unspecified atom stereocenters. The molecule has 1 spiro atoms. The molecule has 2 bridgehead atoms. The number of hydrogen-bond donors (Lipinski definition) is 0. The minimum Gasteiger partial charge on any atom is -0.466 e. The lowest BCUT2D eigenvalue weighted by molar-refractivity contribution is -0.153. The van der Waals surface area contributed by atoms with Crippen molar-refractivity contribution in [3.8, 4) is 0 Å². The maximum atomic E-state index is 12.8. The molecule has 0 aromatic carbocycles. The minimum atomic E-state index is -0.642. The molecule has 5 nitrogen and oxygen atoms in total. The van der Waals surface area contributed by atoms with Crippen molar-refractivity contribution in [3.05, 3.63) is 34.5 Å². The summed E-state index contributed by atoms with van der Waals surface area (Å²) in [7, 11) is 0. The van der Waals surface area contributed by atoms with Gasteiger partial charge in [0.05, 0.1) is 31.7 Å². The maximum absolute atomic E-state index is 12.8. The fourth-order valence-electron chi connectivity index (χ4n) is 3.81. The monoisotopic (exact) mass is 319 g/mol. The van der Waals surface area contributed by atoms with E-state index in [-0.39, 0.29) is 18.0 Å². The number of thiophene rings is 1. The Morgan fingerprint density at radius 2 is 2.45 bits per heavy atom. The summed E-state index contributed by atoms with van der Waals surface area (Å²) in [4.78, 5) is 28.0. The number of carbonyl (C=O) groups is 2. The largest absolute Gasteiger partial charge is 0.466 e. The molecule has 4 rings (SSSR count). The van der Waals surface area contributed by atoms with Gasteiger partial charge in [-0.05, 0) is 18.4 Å². The van der Waals surface area contributed by atoms with Crippen molar-refractivity contribution < 1.29 is 19.1 Å². The van der Waals surface area contributed by atoms with Crippen LogP contribution in [0.15, 0.2) is 29.7 Å². The number of likely N-dealkylation sites (tertiary alicyclic amines) is 1. The van der Waals surface area contributed by atoms with Gasteiger partial charge in [-0.15, -0.1) is 11.3 Å². The van der Waals surface area contributed by atoms with E-state index in [0.717, 1.165) is 4.88 Å². The van der Waals surface area contributed by atoms with E-state index >= 15 is 0 Å². The summed E-state index contributed by atoms with van der Waals surface area (Å²) in [5.41, 5.74) is -0.642. The maximum Gasteiger partial charge on any atom is 0.312 e. The van der Waals surface area contributed by atoms with Crippen molar-refractivity contribution in [2.24, 2.45) is 11.8 Å². The number of rotatable bonds is 4. The van der Waals surface area contributed by atoms with E-state index < -0.39 is 17.4 Å². The van der Waals surface area contributed by atoms with E-state index in [1.165, 1.54) is 0 Å². The third kappa shape index (κ3) is 1.87. The van der Waals surface area contributed by atoms with Crippen LogP contribution in [0.3, 0.4) is 0 Å². The fraction of sp³-hybridized carbons (Fsp3) is 0.500.